The number of rotatable bonds is 5. The fraction of sp³-hybridized carbons (Fsp3) is 0.478. The number of nitrogens with zero attached hydrogens (tertiary/aromatic N) is 2. The molecule has 3 rings (SSSR count). The van der Waals surface area contributed by atoms with Gasteiger partial charge in [-0.25, -0.2) is 0 Å². The molecule has 1 aliphatic heterocycles. The standard InChI is InChI=1S/C23H30N2O/c1-16(2)18(4)20-6-8-21(9-7-20)23(26)25-12-11-19(15-25)13-22-10-5-17(3)14-24-22/h5-10,14,16,18-19H,11-13,15H2,1-4H3. The number of likely N-dealkylation sites (tertiary alicyclic amines) is 1. The number of benzene rings is 1. The molecule has 2 aromatic rings. The number of pyridine rings is 1. The molecule has 0 saturated carbocycles. The van der Waals surface area contributed by atoms with Crippen LogP contribution in [-0.4, -0.2) is 28.9 Å². The predicted octanol–water partition coefficient (Wildman–Crippen LogP) is 4.85. The molecule has 138 valence electrons. The second-order valence-corrected chi connectivity index (χ2v) is 8.09. The summed E-state index contributed by atoms with van der Waals surface area (Å²) in [4.78, 5) is 19.3. The largest absolute Gasteiger partial charge is 0.338 e. The third-order valence-electron chi connectivity index (χ3n) is 5.73. The molecule has 1 aliphatic rings. The fourth-order valence-corrected chi connectivity index (χ4v) is 3.60. The molecule has 1 aromatic heterocycles. The van der Waals surface area contributed by atoms with Crippen LogP contribution in [0.15, 0.2) is 42.6 Å². The second kappa shape index (κ2) is 8.03. The van der Waals surface area contributed by atoms with E-state index in [1.54, 1.807) is 0 Å². The van der Waals surface area contributed by atoms with Gasteiger partial charge in [0, 0.05) is 30.5 Å². The smallest absolute Gasteiger partial charge is 0.253 e. The van der Waals surface area contributed by atoms with Crippen molar-refractivity contribution in [1.29, 1.82) is 0 Å². The van der Waals surface area contributed by atoms with Crippen LogP contribution < -0.4 is 0 Å². The molecule has 1 saturated heterocycles. The van der Waals surface area contributed by atoms with Gasteiger partial charge in [0.05, 0.1) is 0 Å². The Morgan fingerprint density at radius 2 is 1.88 bits per heavy atom. The van der Waals surface area contributed by atoms with E-state index in [0.717, 1.165) is 37.2 Å². The zero-order valence-electron chi connectivity index (χ0n) is 16.4. The lowest BCUT2D eigenvalue weighted by molar-refractivity contribution is 0.0787. The Balaban J connectivity index is 1.59. The van der Waals surface area contributed by atoms with E-state index in [1.165, 1.54) is 11.1 Å². The van der Waals surface area contributed by atoms with Gasteiger partial charge in [-0.2, -0.15) is 0 Å². The Bertz CT molecular complexity index is 734. The maximum atomic E-state index is 12.8. The molecule has 2 atom stereocenters. The maximum absolute atomic E-state index is 12.8. The summed E-state index contributed by atoms with van der Waals surface area (Å²) in [6.45, 7) is 10.4. The number of hydrogen-bond donors (Lipinski definition) is 0. The predicted molar refractivity (Wildman–Crippen MR) is 106 cm³/mol. The number of aromatic nitrogens is 1. The number of amides is 1. The van der Waals surface area contributed by atoms with Crippen LogP contribution >= 0.6 is 0 Å². The Morgan fingerprint density at radius 3 is 2.50 bits per heavy atom. The van der Waals surface area contributed by atoms with Crippen molar-refractivity contribution in [1.82, 2.24) is 9.88 Å². The maximum Gasteiger partial charge on any atom is 0.253 e. The molecule has 26 heavy (non-hydrogen) atoms. The first kappa shape index (κ1) is 18.6. The monoisotopic (exact) mass is 350 g/mol. The van der Waals surface area contributed by atoms with Gasteiger partial charge in [0.25, 0.3) is 5.91 Å². The van der Waals surface area contributed by atoms with Crippen molar-refractivity contribution >= 4 is 5.91 Å². The van der Waals surface area contributed by atoms with E-state index in [4.69, 9.17) is 0 Å². The zero-order valence-corrected chi connectivity index (χ0v) is 16.4. The molecule has 2 unspecified atom stereocenters. The van der Waals surface area contributed by atoms with Crippen LogP contribution in [0, 0.1) is 18.8 Å². The first-order valence-electron chi connectivity index (χ1n) is 9.75. The minimum atomic E-state index is 0.160. The highest BCUT2D eigenvalue weighted by molar-refractivity contribution is 5.94. The lowest BCUT2D eigenvalue weighted by Gasteiger charge is -2.19. The SMILES string of the molecule is Cc1ccc(CC2CCN(C(=O)c3ccc(C(C)C(C)C)cc3)C2)nc1. The minimum absolute atomic E-state index is 0.160. The van der Waals surface area contributed by atoms with Crippen LogP contribution in [-0.2, 0) is 6.42 Å². The van der Waals surface area contributed by atoms with Gasteiger partial charge >= 0.3 is 0 Å². The van der Waals surface area contributed by atoms with E-state index in [-0.39, 0.29) is 5.91 Å². The molecule has 0 radical (unpaired) electrons. The molecule has 0 N–H and O–H groups in total. The van der Waals surface area contributed by atoms with E-state index < -0.39 is 0 Å². The van der Waals surface area contributed by atoms with E-state index >= 15 is 0 Å². The molecule has 0 spiro atoms. The van der Waals surface area contributed by atoms with E-state index in [2.05, 4.69) is 56.9 Å². The van der Waals surface area contributed by atoms with Crippen molar-refractivity contribution in [3.63, 3.8) is 0 Å². The van der Waals surface area contributed by atoms with Crippen LogP contribution in [0.5, 0.6) is 0 Å². The van der Waals surface area contributed by atoms with Gasteiger partial charge in [-0.05, 0) is 66.8 Å². The van der Waals surface area contributed by atoms with E-state index in [0.29, 0.717) is 17.8 Å². The molecule has 3 heteroatoms. The zero-order chi connectivity index (χ0) is 18.7. The average molecular weight is 351 g/mol. The van der Waals surface area contributed by atoms with Gasteiger partial charge in [-0.15, -0.1) is 0 Å². The van der Waals surface area contributed by atoms with Gasteiger partial charge in [-0.1, -0.05) is 39.0 Å². The highest BCUT2D eigenvalue weighted by atomic mass is 16.2. The number of carbonyl (C=O) groups is 1. The van der Waals surface area contributed by atoms with Crippen LogP contribution in [0.3, 0.4) is 0 Å². The van der Waals surface area contributed by atoms with Crippen molar-refractivity contribution in [2.45, 2.75) is 46.5 Å². The summed E-state index contributed by atoms with van der Waals surface area (Å²) in [5, 5.41) is 0. The van der Waals surface area contributed by atoms with E-state index in [9.17, 15) is 4.79 Å². The summed E-state index contributed by atoms with van der Waals surface area (Å²) >= 11 is 0. The third kappa shape index (κ3) is 4.32. The van der Waals surface area contributed by atoms with Crippen molar-refractivity contribution in [2.24, 2.45) is 11.8 Å². The van der Waals surface area contributed by atoms with Crippen molar-refractivity contribution in [3.05, 3.63) is 65.0 Å². The number of aryl methyl sites for hydroxylation is 1. The molecule has 2 heterocycles. The van der Waals surface area contributed by atoms with Gasteiger partial charge in [0.15, 0.2) is 0 Å². The summed E-state index contributed by atoms with van der Waals surface area (Å²) in [5.74, 6) is 1.78. The number of hydrogen-bond acceptors (Lipinski definition) is 2. The molecular formula is C23H30N2O. The lowest BCUT2D eigenvalue weighted by atomic mass is 9.90. The highest BCUT2D eigenvalue weighted by Gasteiger charge is 2.27. The summed E-state index contributed by atoms with van der Waals surface area (Å²) in [5.41, 5.74) is 4.43. The second-order valence-electron chi connectivity index (χ2n) is 8.09. The van der Waals surface area contributed by atoms with Gasteiger partial charge in [-0.3, -0.25) is 9.78 Å². The fourth-order valence-electron chi connectivity index (χ4n) is 3.60. The first-order chi connectivity index (χ1) is 12.4. The van der Waals surface area contributed by atoms with Crippen LogP contribution in [0.4, 0.5) is 0 Å². The minimum Gasteiger partial charge on any atom is -0.338 e. The third-order valence-corrected chi connectivity index (χ3v) is 5.73. The van der Waals surface area contributed by atoms with E-state index in [1.807, 2.05) is 23.2 Å². The first-order valence-corrected chi connectivity index (χ1v) is 9.75. The summed E-state index contributed by atoms with van der Waals surface area (Å²) in [6, 6.07) is 12.4. The van der Waals surface area contributed by atoms with Gasteiger partial charge in [0.2, 0.25) is 0 Å². The quantitative estimate of drug-likeness (QED) is 0.772. The Labute approximate surface area is 157 Å². The van der Waals surface area contributed by atoms with Crippen molar-refractivity contribution in [2.75, 3.05) is 13.1 Å². The molecule has 1 aromatic carbocycles. The van der Waals surface area contributed by atoms with Crippen LogP contribution in [0.25, 0.3) is 0 Å². The van der Waals surface area contributed by atoms with Crippen molar-refractivity contribution < 1.29 is 4.79 Å². The highest BCUT2D eigenvalue weighted by Crippen LogP contribution is 2.25. The Morgan fingerprint density at radius 1 is 1.15 bits per heavy atom. The van der Waals surface area contributed by atoms with Crippen LogP contribution in [0.2, 0.25) is 0 Å². The Hall–Kier alpha value is -2.16. The Kier molecular flexibility index (Phi) is 5.75. The summed E-state index contributed by atoms with van der Waals surface area (Å²) < 4.78 is 0. The molecule has 1 amide bonds. The molecular weight excluding hydrogens is 320 g/mol. The summed E-state index contributed by atoms with van der Waals surface area (Å²) in [6.07, 6.45) is 3.94. The summed E-state index contributed by atoms with van der Waals surface area (Å²) in [7, 11) is 0. The average Bonchev–Trinajstić information content (AvgIpc) is 3.11. The molecule has 0 aliphatic carbocycles. The van der Waals surface area contributed by atoms with Gasteiger partial charge in [0.1, 0.15) is 0 Å². The molecule has 3 nitrogen and oxygen atoms in total. The number of carbonyl (C=O) groups excluding carboxylic acids is 1. The normalized spacial score (nSPS) is 18.3. The topological polar surface area (TPSA) is 33.2 Å². The van der Waals surface area contributed by atoms with Crippen LogP contribution in [0.1, 0.15) is 60.3 Å². The molecule has 0 bridgehead atoms. The lowest BCUT2D eigenvalue weighted by Crippen LogP contribution is -2.29. The van der Waals surface area contributed by atoms with Crippen molar-refractivity contribution in [3.8, 4) is 0 Å². The molecule has 1 fully saturated rings. The van der Waals surface area contributed by atoms with Gasteiger partial charge < -0.3 is 4.90 Å².